The van der Waals surface area contributed by atoms with Crippen molar-refractivity contribution in [3.8, 4) is 0 Å². The predicted octanol–water partition coefficient (Wildman–Crippen LogP) is 2.46. The molecule has 146 valence electrons. The zero-order valence-corrected chi connectivity index (χ0v) is 17.4. The zero-order chi connectivity index (χ0) is 19.2. The van der Waals surface area contributed by atoms with Gasteiger partial charge in [-0.15, -0.1) is 21.5 Å². The standard InChI is InChI=1S/C19H28N6OS/c1-12-15(27-18(21-12)19(2,3)4)17(26)24-8-5-13(6-9-24)16-23-22-14-11-20-7-10-25(14)16/h13,20H,5-11H2,1-4H3. The Morgan fingerprint density at radius 3 is 2.59 bits per heavy atom. The van der Waals surface area contributed by atoms with Gasteiger partial charge in [-0.3, -0.25) is 4.79 Å². The van der Waals surface area contributed by atoms with E-state index in [2.05, 4.69) is 45.8 Å². The number of hydrogen-bond donors (Lipinski definition) is 1. The topological polar surface area (TPSA) is 75.9 Å². The van der Waals surface area contributed by atoms with E-state index in [1.807, 2.05) is 11.8 Å². The summed E-state index contributed by atoms with van der Waals surface area (Å²) in [5.74, 6) is 2.65. The Bertz CT molecular complexity index is 841. The molecule has 0 aromatic carbocycles. The second-order valence-corrected chi connectivity index (χ2v) is 9.55. The van der Waals surface area contributed by atoms with E-state index in [1.54, 1.807) is 11.3 Å². The molecule has 0 saturated carbocycles. The van der Waals surface area contributed by atoms with E-state index in [9.17, 15) is 4.79 Å². The summed E-state index contributed by atoms with van der Waals surface area (Å²) in [6.07, 6.45) is 1.89. The Morgan fingerprint density at radius 2 is 1.93 bits per heavy atom. The maximum absolute atomic E-state index is 13.0. The van der Waals surface area contributed by atoms with Crippen molar-refractivity contribution < 1.29 is 4.79 Å². The molecule has 0 aliphatic carbocycles. The van der Waals surface area contributed by atoms with Crippen LogP contribution in [0.2, 0.25) is 0 Å². The minimum Gasteiger partial charge on any atom is -0.338 e. The number of amides is 1. The number of aryl methyl sites for hydroxylation is 1. The van der Waals surface area contributed by atoms with Crippen LogP contribution in [0, 0.1) is 6.92 Å². The Morgan fingerprint density at radius 1 is 1.19 bits per heavy atom. The molecule has 1 fully saturated rings. The van der Waals surface area contributed by atoms with Crippen molar-refractivity contribution >= 4 is 17.2 Å². The monoisotopic (exact) mass is 388 g/mol. The van der Waals surface area contributed by atoms with Gasteiger partial charge in [-0.25, -0.2) is 4.98 Å². The maximum atomic E-state index is 13.0. The van der Waals surface area contributed by atoms with E-state index in [4.69, 9.17) is 0 Å². The van der Waals surface area contributed by atoms with Gasteiger partial charge in [0.05, 0.1) is 17.2 Å². The van der Waals surface area contributed by atoms with Crippen LogP contribution in [-0.2, 0) is 18.5 Å². The number of piperidine rings is 1. The van der Waals surface area contributed by atoms with E-state index >= 15 is 0 Å². The first kappa shape index (κ1) is 18.6. The molecule has 0 radical (unpaired) electrons. The number of carbonyl (C=O) groups excluding carboxylic acids is 1. The van der Waals surface area contributed by atoms with Crippen molar-refractivity contribution in [2.45, 2.75) is 65.0 Å². The van der Waals surface area contributed by atoms with Crippen molar-refractivity contribution in [1.29, 1.82) is 0 Å². The second kappa shape index (κ2) is 6.98. The molecular formula is C19H28N6OS. The number of fused-ring (bicyclic) bond motifs is 1. The van der Waals surface area contributed by atoms with Gasteiger partial charge in [-0.05, 0) is 19.8 Å². The van der Waals surface area contributed by atoms with Crippen molar-refractivity contribution in [1.82, 2.24) is 30.0 Å². The molecule has 2 aromatic heterocycles. The van der Waals surface area contributed by atoms with Crippen LogP contribution in [0.15, 0.2) is 0 Å². The first-order chi connectivity index (χ1) is 12.8. The summed E-state index contributed by atoms with van der Waals surface area (Å²) < 4.78 is 2.27. The maximum Gasteiger partial charge on any atom is 0.265 e. The summed E-state index contributed by atoms with van der Waals surface area (Å²) in [4.78, 5) is 20.5. The van der Waals surface area contributed by atoms with Gasteiger partial charge < -0.3 is 14.8 Å². The summed E-state index contributed by atoms with van der Waals surface area (Å²) in [5, 5.41) is 13.2. The molecule has 7 nitrogen and oxygen atoms in total. The molecule has 2 aliphatic heterocycles. The lowest BCUT2D eigenvalue weighted by atomic mass is 9.95. The lowest BCUT2D eigenvalue weighted by Crippen LogP contribution is -2.38. The number of aromatic nitrogens is 4. The molecule has 0 atom stereocenters. The van der Waals surface area contributed by atoms with Gasteiger partial charge in [0.1, 0.15) is 16.5 Å². The van der Waals surface area contributed by atoms with Crippen LogP contribution in [0.25, 0.3) is 0 Å². The molecule has 1 amide bonds. The van der Waals surface area contributed by atoms with Crippen LogP contribution in [0.3, 0.4) is 0 Å². The second-order valence-electron chi connectivity index (χ2n) is 8.55. The fourth-order valence-corrected chi connectivity index (χ4v) is 4.91. The Kier molecular flexibility index (Phi) is 4.80. The van der Waals surface area contributed by atoms with Crippen molar-refractivity contribution in [3.05, 3.63) is 27.2 Å². The van der Waals surface area contributed by atoms with Gasteiger partial charge >= 0.3 is 0 Å². The van der Waals surface area contributed by atoms with Gasteiger partial charge in [0.25, 0.3) is 5.91 Å². The van der Waals surface area contributed by atoms with Gasteiger partial charge in [-0.2, -0.15) is 0 Å². The van der Waals surface area contributed by atoms with Gasteiger partial charge in [0, 0.05) is 37.5 Å². The molecule has 1 N–H and O–H groups in total. The van der Waals surface area contributed by atoms with E-state index in [0.29, 0.717) is 5.92 Å². The van der Waals surface area contributed by atoms with Crippen molar-refractivity contribution in [2.24, 2.45) is 0 Å². The third-order valence-corrected chi connectivity index (χ3v) is 7.00. The summed E-state index contributed by atoms with van der Waals surface area (Å²) in [5.41, 5.74) is 0.832. The average Bonchev–Trinajstić information content (AvgIpc) is 3.25. The fourth-order valence-electron chi connectivity index (χ4n) is 3.82. The molecule has 4 heterocycles. The highest BCUT2D eigenvalue weighted by Gasteiger charge is 2.31. The average molecular weight is 389 g/mol. The minimum atomic E-state index is -0.0252. The first-order valence-electron chi connectivity index (χ1n) is 9.74. The van der Waals surface area contributed by atoms with E-state index in [-0.39, 0.29) is 11.3 Å². The lowest BCUT2D eigenvalue weighted by Gasteiger charge is -2.32. The van der Waals surface area contributed by atoms with E-state index in [1.165, 1.54) is 0 Å². The highest BCUT2D eigenvalue weighted by atomic mass is 32.1. The van der Waals surface area contributed by atoms with E-state index < -0.39 is 0 Å². The van der Waals surface area contributed by atoms with E-state index in [0.717, 1.165) is 72.8 Å². The predicted molar refractivity (Wildman–Crippen MR) is 105 cm³/mol. The molecule has 0 spiro atoms. The highest BCUT2D eigenvalue weighted by Crippen LogP contribution is 2.32. The van der Waals surface area contributed by atoms with Crippen LogP contribution in [-0.4, -0.2) is 50.2 Å². The number of nitrogens with zero attached hydrogens (tertiary/aromatic N) is 5. The lowest BCUT2D eigenvalue weighted by molar-refractivity contribution is 0.0714. The molecule has 1 saturated heterocycles. The van der Waals surface area contributed by atoms with Crippen LogP contribution in [0.1, 0.15) is 71.6 Å². The molecule has 2 aliphatic rings. The largest absolute Gasteiger partial charge is 0.338 e. The first-order valence-corrected chi connectivity index (χ1v) is 10.6. The normalized spacial score (nSPS) is 18.6. The Labute approximate surface area is 164 Å². The van der Waals surface area contributed by atoms with Crippen LogP contribution in [0.4, 0.5) is 0 Å². The number of likely N-dealkylation sites (tertiary alicyclic amines) is 1. The molecular weight excluding hydrogens is 360 g/mol. The molecule has 8 heteroatoms. The minimum absolute atomic E-state index is 0.0252. The molecule has 0 bridgehead atoms. The number of thiazole rings is 1. The van der Waals surface area contributed by atoms with Gasteiger partial charge in [-0.1, -0.05) is 20.8 Å². The van der Waals surface area contributed by atoms with Crippen molar-refractivity contribution in [3.63, 3.8) is 0 Å². The number of hydrogen-bond acceptors (Lipinski definition) is 6. The van der Waals surface area contributed by atoms with Gasteiger partial charge in [0.2, 0.25) is 0 Å². The third-order valence-electron chi connectivity index (χ3n) is 5.43. The molecule has 2 aromatic rings. The summed E-state index contributed by atoms with van der Waals surface area (Å²) >= 11 is 1.55. The van der Waals surface area contributed by atoms with Crippen molar-refractivity contribution in [2.75, 3.05) is 19.6 Å². The van der Waals surface area contributed by atoms with Crippen LogP contribution < -0.4 is 5.32 Å². The van der Waals surface area contributed by atoms with Crippen LogP contribution in [0.5, 0.6) is 0 Å². The number of nitrogens with one attached hydrogen (secondary N) is 1. The SMILES string of the molecule is Cc1nc(C(C)(C)C)sc1C(=O)N1CCC(c2nnc3n2CCNC3)CC1. The quantitative estimate of drug-likeness (QED) is 0.855. The smallest absolute Gasteiger partial charge is 0.265 e. The zero-order valence-electron chi connectivity index (χ0n) is 16.6. The van der Waals surface area contributed by atoms with Crippen LogP contribution >= 0.6 is 11.3 Å². The summed E-state index contributed by atoms with van der Waals surface area (Å²) in [7, 11) is 0. The molecule has 4 rings (SSSR count). The molecule has 27 heavy (non-hydrogen) atoms. The van der Waals surface area contributed by atoms with Gasteiger partial charge in [0.15, 0.2) is 0 Å². The Hall–Kier alpha value is -1.80. The molecule has 0 unspecified atom stereocenters. The fraction of sp³-hybridized carbons (Fsp3) is 0.684. The summed E-state index contributed by atoms with van der Waals surface area (Å²) in [6.45, 7) is 12.6. The third kappa shape index (κ3) is 3.52. The summed E-state index contributed by atoms with van der Waals surface area (Å²) in [6, 6.07) is 0. The Balaban J connectivity index is 1.44. The number of carbonyl (C=O) groups is 1. The highest BCUT2D eigenvalue weighted by molar-refractivity contribution is 7.14. The number of rotatable bonds is 2.